The van der Waals surface area contributed by atoms with Gasteiger partial charge >= 0.3 is 0 Å². The van der Waals surface area contributed by atoms with E-state index in [1.165, 1.54) is 11.8 Å². The molecule has 0 spiro atoms. The summed E-state index contributed by atoms with van der Waals surface area (Å²) in [5.74, 6) is 0. The van der Waals surface area contributed by atoms with Gasteiger partial charge in [-0.15, -0.1) is 12.6 Å². The highest BCUT2D eigenvalue weighted by atomic mass is 32.2. The topological polar surface area (TPSA) is 17.1 Å². The summed E-state index contributed by atoms with van der Waals surface area (Å²) in [6.07, 6.45) is 3.32. The second-order valence-corrected chi connectivity index (χ2v) is 6.04. The highest BCUT2D eigenvalue weighted by molar-refractivity contribution is 8.19. The minimum absolute atomic E-state index is 0.0728. The van der Waals surface area contributed by atoms with Crippen molar-refractivity contribution in [2.24, 2.45) is 5.41 Å². The van der Waals surface area contributed by atoms with Gasteiger partial charge in [0.05, 0.1) is 0 Å². The Morgan fingerprint density at radius 2 is 2.07 bits per heavy atom. The quantitative estimate of drug-likeness (QED) is 0.745. The second-order valence-electron chi connectivity index (χ2n) is 4.52. The molecule has 0 aliphatic carbocycles. The SMILES string of the molecule is C=C1SC(=O)C(C(C)(C)CCCC)=C1S. The summed E-state index contributed by atoms with van der Waals surface area (Å²) in [5.41, 5.74) is 0.783. The van der Waals surface area contributed by atoms with Crippen molar-refractivity contribution in [3.63, 3.8) is 0 Å². The molecule has 0 saturated heterocycles. The maximum atomic E-state index is 11.8. The number of carbonyl (C=O) groups excluding carboxylic acids is 1. The predicted molar refractivity (Wildman–Crippen MR) is 71.1 cm³/mol. The number of carbonyl (C=O) groups is 1. The Bertz CT molecular complexity index is 327. The van der Waals surface area contributed by atoms with Crippen LogP contribution >= 0.6 is 24.4 Å². The molecular weight excluding hydrogens is 224 g/mol. The molecule has 0 bridgehead atoms. The largest absolute Gasteiger partial charge is 0.281 e. The molecule has 0 aromatic carbocycles. The number of hydrogen-bond acceptors (Lipinski definition) is 3. The third-order valence-corrected chi connectivity index (χ3v) is 4.24. The molecule has 0 aromatic heterocycles. The normalized spacial score (nSPS) is 17.9. The van der Waals surface area contributed by atoms with Crippen LogP contribution in [0.4, 0.5) is 0 Å². The maximum Gasteiger partial charge on any atom is 0.221 e. The van der Waals surface area contributed by atoms with E-state index >= 15 is 0 Å². The molecule has 0 saturated carbocycles. The zero-order valence-electron chi connectivity index (χ0n) is 9.59. The van der Waals surface area contributed by atoms with Gasteiger partial charge in [0.2, 0.25) is 5.12 Å². The molecule has 15 heavy (non-hydrogen) atoms. The van der Waals surface area contributed by atoms with Gasteiger partial charge in [-0.3, -0.25) is 4.79 Å². The fourth-order valence-corrected chi connectivity index (χ4v) is 3.31. The van der Waals surface area contributed by atoms with E-state index in [1.807, 2.05) is 0 Å². The third-order valence-electron chi connectivity index (χ3n) is 2.75. The first kappa shape index (κ1) is 12.9. The fourth-order valence-electron chi connectivity index (χ4n) is 1.79. The lowest BCUT2D eigenvalue weighted by atomic mass is 9.80. The van der Waals surface area contributed by atoms with E-state index in [0.717, 1.165) is 34.6 Å². The van der Waals surface area contributed by atoms with Gasteiger partial charge in [-0.25, -0.2) is 0 Å². The fraction of sp³-hybridized carbons (Fsp3) is 0.583. The van der Waals surface area contributed by atoms with E-state index in [9.17, 15) is 4.79 Å². The Kier molecular flexibility index (Phi) is 4.13. The van der Waals surface area contributed by atoms with E-state index in [0.29, 0.717) is 0 Å². The molecule has 0 aromatic rings. The van der Waals surface area contributed by atoms with Crippen LogP contribution in [0.5, 0.6) is 0 Å². The Morgan fingerprint density at radius 3 is 2.47 bits per heavy atom. The molecule has 0 radical (unpaired) electrons. The van der Waals surface area contributed by atoms with E-state index < -0.39 is 0 Å². The highest BCUT2D eigenvalue weighted by Gasteiger charge is 2.36. The van der Waals surface area contributed by atoms with Crippen molar-refractivity contribution >= 4 is 29.5 Å². The van der Waals surface area contributed by atoms with Crippen molar-refractivity contribution < 1.29 is 4.79 Å². The summed E-state index contributed by atoms with van der Waals surface area (Å²) in [6, 6.07) is 0. The van der Waals surface area contributed by atoms with E-state index in [1.54, 1.807) is 0 Å². The van der Waals surface area contributed by atoms with Gasteiger partial charge in [0.15, 0.2) is 0 Å². The average Bonchev–Trinajstić information content (AvgIpc) is 2.38. The van der Waals surface area contributed by atoms with Crippen molar-refractivity contribution in [3.8, 4) is 0 Å². The molecule has 0 atom stereocenters. The van der Waals surface area contributed by atoms with Gasteiger partial charge in [0.25, 0.3) is 0 Å². The molecule has 3 heteroatoms. The molecular formula is C12H18OS2. The first-order valence-electron chi connectivity index (χ1n) is 5.25. The third kappa shape index (κ3) is 2.70. The smallest absolute Gasteiger partial charge is 0.221 e. The summed E-state index contributed by atoms with van der Waals surface area (Å²) in [5, 5.41) is 0.131. The number of rotatable bonds is 4. The lowest BCUT2D eigenvalue weighted by Gasteiger charge is -2.25. The highest BCUT2D eigenvalue weighted by Crippen LogP contribution is 2.47. The zero-order chi connectivity index (χ0) is 11.6. The minimum atomic E-state index is -0.0728. The summed E-state index contributed by atoms with van der Waals surface area (Å²) >= 11 is 5.61. The van der Waals surface area contributed by atoms with E-state index in [-0.39, 0.29) is 10.5 Å². The minimum Gasteiger partial charge on any atom is -0.281 e. The first-order chi connectivity index (χ1) is 6.90. The lowest BCUT2D eigenvalue weighted by molar-refractivity contribution is -0.108. The summed E-state index contributed by atoms with van der Waals surface area (Å²) in [6.45, 7) is 10.2. The molecule has 0 fully saturated rings. The zero-order valence-corrected chi connectivity index (χ0v) is 11.3. The Labute approximate surface area is 102 Å². The first-order valence-corrected chi connectivity index (χ1v) is 6.51. The Balaban J connectivity index is 2.95. The average molecular weight is 242 g/mol. The van der Waals surface area contributed by atoms with Gasteiger partial charge in [-0.1, -0.05) is 40.2 Å². The molecule has 1 aliphatic rings. The van der Waals surface area contributed by atoms with Crippen LogP contribution in [0.25, 0.3) is 0 Å². The molecule has 1 rings (SSSR count). The van der Waals surface area contributed by atoms with Crippen molar-refractivity contribution in [3.05, 3.63) is 22.0 Å². The van der Waals surface area contributed by atoms with Crippen LogP contribution in [-0.4, -0.2) is 5.12 Å². The van der Waals surface area contributed by atoms with Gasteiger partial charge in [0.1, 0.15) is 0 Å². The molecule has 0 amide bonds. The van der Waals surface area contributed by atoms with Crippen LogP contribution in [0.3, 0.4) is 0 Å². The van der Waals surface area contributed by atoms with Gasteiger partial charge < -0.3 is 0 Å². The van der Waals surface area contributed by atoms with E-state index in [4.69, 9.17) is 0 Å². The monoisotopic (exact) mass is 242 g/mol. The summed E-state index contributed by atoms with van der Waals surface area (Å²) < 4.78 is 0. The standard InChI is InChI=1S/C12H18OS2/c1-5-6-7-12(3,4)9-10(14)8(2)15-11(9)13/h14H,2,5-7H2,1,3-4H3. The predicted octanol–water partition coefficient (Wildman–Crippen LogP) is 4.17. The van der Waals surface area contributed by atoms with Crippen LogP contribution in [0.15, 0.2) is 22.0 Å². The summed E-state index contributed by atoms with van der Waals surface area (Å²) in [7, 11) is 0. The molecule has 0 unspecified atom stereocenters. The maximum absolute atomic E-state index is 11.8. The molecule has 1 heterocycles. The Hall–Kier alpha value is -0.150. The van der Waals surface area contributed by atoms with Gasteiger partial charge in [0, 0.05) is 15.4 Å². The van der Waals surface area contributed by atoms with E-state index in [2.05, 4.69) is 40.0 Å². The van der Waals surface area contributed by atoms with Crippen LogP contribution in [-0.2, 0) is 4.79 Å². The number of thiol groups is 1. The molecule has 0 N–H and O–H groups in total. The van der Waals surface area contributed by atoms with Crippen molar-refractivity contribution in [1.82, 2.24) is 0 Å². The number of hydrogen-bond donors (Lipinski definition) is 1. The molecule has 84 valence electrons. The van der Waals surface area contributed by atoms with Gasteiger partial charge in [-0.05, 0) is 23.6 Å². The number of unbranched alkanes of at least 4 members (excludes halogenated alkanes) is 1. The molecule has 1 nitrogen and oxygen atoms in total. The Morgan fingerprint density at radius 1 is 1.47 bits per heavy atom. The number of thioether (sulfide) groups is 1. The summed E-state index contributed by atoms with van der Waals surface area (Å²) in [4.78, 5) is 13.4. The lowest BCUT2D eigenvalue weighted by Crippen LogP contribution is -2.18. The van der Waals surface area contributed by atoms with Crippen LogP contribution in [0.1, 0.15) is 40.0 Å². The van der Waals surface area contributed by atoms with Crippen LogP contribution < -0.4 is 0 Å². The molecule has 1 aliphatic heterocycles. The van der Waals surface area contributed by atoms with Crippen molar-refractivity contribution in [2.45, 2.75) is 40.0 Å². The van der Waals surface area contributed by atoms with Crippen LogP contribution in [0, 0.1) is 5.41 Å². The second kappa shape index (κ2) is 4.79. The van der Waals surface area contributed by atoms with Crippen molar-refractivity contribution in [2.75, 3.05) is 0 Å². The van der Waals surface area contributed by atoms with Crippen molar-refractivity contribution in [1.29, 1.82) is 0 Å². The van der Waals surface area contributed by atoms with Crippen LogP contribution in [0.2, 0.25) is 0 Å². The van der Waals surface area contributed by atoms with Gasteiger partial charge in [-0.2, -0.15) is 0 Å².